The Morgan fingerprint density at radius 2 is 2.00 bits per heavy atom. The molecule has 1 heterocycles. The Balaban J connectivity index is 2.52. The molecule has 0 saturated carbocycles. The van der Waals surface area contributed by atoms with Crippen LogP contribution < -0.4 is 9.47 Å². The maximum Gasteiger partial charge on any atom is 0.273 e. The molecule has 7 nitrogen and oxygen atoms in total. The van der Waals surface area contributed by atoms with Crippen molar-refractivity contribution in [3.63, 3.8) is 0 Å². The van der Waals surface area contributed by atoms with Gasteiger partial charge in [-0.15, -0.1) is 6.58 Å². The van der Waals surface area contributed by atoms with Gasteiger partial charge >= 0.3 is 0 Å². The number of aromatic nitrogens is 1. The molecule has 0 amide bonds. The molecule has 146 valence electrons. The predicted molar refractivity (Wildman–Crippen MR) is 112 cm³/mol. The lowest BCUT2D eigenvalue weighted by Crippen LogP contribution is -2.47. The highest BCUT2D eigenvalue weighted by molar-refractivity contribution is 7.77. The van der Waals surface area contributed by atoms with Crippen LogP contribution in [0.1, 0.15) is 22.0 Å². The van der Waals surface area contributed by atoms with E-state index in [1.54, 1.807) is 42.1 Å². The summed E-state index contributed by atoms with van der Waals surface area (Å²) in [6, 6.07) is 7.25. The van der Waals surface area contributed by atoms with E-state index < -0.39 is 11.0 Å². The first-order valence-electron chi connectivity index (χ1n) is 8.56. The molecule has 0 aliphatic carbocycles. The lowest BCUT2D eigenvalue weighted by molar-refractivity contribution is -0.691. The molecule has 2 rings (SSSR count). The third-order valence-electron chi connectivity index (χ3n) is 4.20. The van der Waals surface area contributed by atoms with Gasteiger partial charge in [0.25, 0.3) is 5.69 Å². The molecule has 2 aromatic rings. The molecule has 8 heteroatoms. The van der Waals surface area contributed by atoms with E-state index in [0.29, 0.717) is 5.56 Å². The molecule has 0 radical (unpaired) electrons. The van der Waals surface area contributed by atoms with Crippen LogP contribution in [0.5, 0.6) is 0 Å². The number of nitro benzene ring substituents is 1. The van der Waals surface area contributed by atoms with E-state index in [1.165, 1.54) is 6.07 Å². The zero-order chi connectivity index (χ0) is 20.8. The van der Waals surface area contributed by atoms with Gasteiger partial charge in [0.15, 0.2) is 12.4 Å². The zero-order valence-corrected chi connectivity index (χ0v) is 16.8. The molecule has 0 N–H and O–H groups in total. The predicted octanol–water partition coefficient (Wildman–Crippen LogP) is 2.81. The number of nitro groups is 1. The second kappa shape index (κ2) is 9.18. The number of aliphatic imine (C=N–C) groups is 1. The number of hydrogen-bond donors (Lipinski definition) is 0. The second-order valence-corrected chi connectivity index (χ2v) is 6.81. The quantitative estimate of drug-likeness (QED) is 0.0998. The minimum atomic E-state index is -0.881. The van der Waals surface area contributed by atoms with Crippen LogP contribution in [0.15, 0.2) is 60.4 Å². The van der Waals surface area contributed by atoms with Gasteiger partial charge in [0.05, 0.1) is 11.5 Å². The molecule has 1 atom stereocenters. The van der Waals surface area contributed by atoms with Crippen LogP contribution in [0.4, 0.5) is 11.4 Å². The smallest absolute Gasteiger partial charge is 0.273 e. The Labute approximate surface area is 169 Å². The maximum absolute atomic E-state index is 13.2. The highest BCUT2D eigenvalue weighted by Gasteiger charge is 2.29. The van der Waals surface area contributed by atoms with Crippen molar-refractivity contribution in [2.75, 3.05) is 25.5 Å². The van der Waals surface area contributed by atoms with Crippen molar-refractivity contribution >= 4 is 34.8 Å². The first kappa shape index (κ1) is 21.2. The first-order chi connectivity index (χ1) is 13.3. The number of pyridine rings is 1. The number of carbonyl (C=O) groups excluding carboxylic acids is 1. The molecule has 1 aromatic heterocycles. The van der Waals surface area contributed by atoms with Crippen LogP contribution >= 0.6 is 0 Å². The van der Waals surface area contributed by atoms with E-state index in [1.807, 2.05) is 31.1 Å². The van der Waals surface area contributed by atoms with Crippen LogP contribution in [0.3, 0.4) is 0 Å². The zero-order valence-electron chi connectivity index (χ0n) is 16.0. The largest absolute Gasteiger partial charge is 0.758 e. The second-order valence-electron chi connectivity index (χ2n) is 6.39. The van der Waals surface area contributed by atoms with E-state index in [9.17, 15) is 14.9 Å². The van der Waals surface area contributed by atoms with Crippen molar-refractivity contribution in [2.24, 2.45) is 4.99 Å². The SMILES string of the molecule is C=CCN=C([S-])[C@@H](C(=O)c1ccc(C)c([N+](=O)[O-])c1)[n+]1ccc(N(C)C)cc1. The van der Waals surface area contributed by atoms with Gasteiger partial charge in [-0.2, -0.15) is 4.57 Å². The third-order valence-corrected chi connectivity index (χ3v) is 4.55. The fraction of sp³-hybridized carbons (Fsp3) is 0.250. The van der Waals surface area contributed by atoms with Crippen LogP contribution in [0.25, 0.3) is 0 Å². The lowest BCUT2D eigenvalue weighted by Gasteiger charge is -2.19. The van der Waals surface area contributed by atoms with Gasteiger partial charge in [-0.1, -0.05) is 18.2 Å². The van der Waals surface area contributed by atoms with Crippen molar-refractivity contribution in [3.8, 4) is 0 Å². The minimum Gasteiger partial charge on any atom is -0.758 e. The summed E-state index contributed by atoms with van der Waals surface area (Å²) in [6.07, 6.45) is 5.08. The van der Waals surface area contributed by atoms with Crippen LogP contribution in [0, 0.1) is 17.0 Å². The summed E-state index contributed by atoms with van der Waals surface area (Å²) in [7, 11) is 3.83. The minimum absolute atomic E-state index is 0.105. The molecule has 0 aliphatic heterocycles. The van der Waals surface area contributed by atoms with Gasteiger partial charge < -0.3 is 22.5 Å². The number of anilines is 1. The Bertz CT molecular complexity index is 924. The third kappa shape index (κ3) is 4.77. The molecule has 0 fully saturated rings. The number of ketones is 1. The Morgan fingerprint density at radius 3 is 2.54 bits per heavy atom. The number of rotatable bonds is 8. The molecule has 28 heavy (non-hydrogen) atoms. The summed E-state index contributed by atoms with van der Waals surface area (Å²) < 4.78 is 1.66. The standard InChI is InChI=1S/C20H22N4O3S/c1-5-10-21-20(28)18(23-11-8-16(9-12-23)22(3)4)19(25)15-7-6-14(2)17(13-15)24(26)27/h5-9,11-13,18H,1,10H2,2-4H3/t18-/m1/s1. The fourth-order valence-electron chi connectivity index (χ4n) is 2.63. The number of aryl methyl sites for hydroxylation is 1. The first-order valence-corrected chi connectivity index (χ1v) is 8.96. The van der Waals surface area contributed by atoms with Crippen molar-refractivity contribution in [1.29, 1.82) is 0 Å². The summed E-state index contributed by atoms with van der Waals surface area (Å²) >= 11 is 5.39. The summed E-state index contributed by atoms with van der Waals surface area (Å²) in [6.45, 7) is 5.53. The monoisotopic (exact) mass is 398 g/mol. The van der Waals surface area contributed by atoms with Gasteiger partial charge in [0.1, 0.15) is 0 Å². The topological polar surface area (TPSA) is 79.7 Å². The number of nitrogens with zero attached hydrogens (tertiary/aromatic N) is 4. The number of Topliss-reactive ketones (excluding diaryl/α,β-unsaturated/α-hetero) is 1. The van der Waals surface area contributed by atoms with E-state index in [-0.39, 0.29) is 28.6 Å². The summed E-state index contributed by atoms with van der Waals surface area (Å²) in [5, 5.41) is 11.4. The Kier molecular flexibility index (Phi) is 6.94. The average Bonchev–Trinajstić information content (AvgIpc) is 2.67. The van der Waals surface area contributed by atoms with E-state index in [4.69, 9.17) is 12.6 Å². The van der Waals surface area contributed by atoms with Crippen molar-refractivity contribution in [2.45, 2.75) is 13.0 Å². The highest BCUT2D eigenvalue weighted by Crippen LogP contribution is 2.22. The van der Waals surface area contributed by atoms with Gasteiger partial charge in [-0.3, -0.25) is 14.9 Å². The fourth-order valence-corrected chi connectivity index (χ4v) is 2.94. The van der Waals surface area contributed by atoms with Crippen LogP contribution in [0.2, 0.25) is 0 Å². The molecule has 0 saturated heterocycles. The molecular formula is C20H22N4O3S. The molecule has 0 unspecified atom stereocenters. The van der Waals surface area contributed by atoms with Gasteiger partial charge in [0.2, 0.25) is 11.8 Å². The molecule has 0 bridgehead atoms. The normalized spacial score (nSPS) is 12.3. The summed E-state index contributed by atoms with van der Waals surface area (Å²) in [4.78, 5) is 30.1. The van der Waals surface area contributed by atoms with Gasteiger partial charge in [-0.25, -0.2) is 0 Å². The maximum atomic E-state index is 13.2. The van der Waals surface area contributed by atoms with Gasteiger partial charge in [-0.05, 0) is 12.0 Å². The number of benzene rings is 1. The summed E-state index contributed by atoms with van der Waals surface area (Å²) in [5.41, 5.74) is 1.55. The molecular weight excluding hydrogens is 376 g/mol. The van der Waals surface area contributed by atoms with E-state index in [2.05, 4.69) is 11.6 Å². The Morgan fingerprint density at radius 1 is 1.36 bits per heavy atom. The van der Waals surface area contributed by atoms with E-state index >= 15 is 0 Å². The molecule has 1 aromatic carbocycles. The van der Waals surface area contributed by atoms with Crippen LogP contribution in [-0.4, -0.2) is 36.4 Å². The molecule has 0 aliphatic rings. The van der Waals surface area contributed by atoms with Crippen molar-refractivity contribution in [1.82, 2.24) is 0 Å². The van der Waals surface area contributed by atoms with Gasteiger partial charge in [0, 0.05) is 49.1 Å². The van der Waals surface area contributed by atoms with Crippen molar-refractivity contribution in [3.05, 3.63) is 76.6 Å². The number of carbonyl (C=O) groups is 1. The number of hydrogen-bond acceptors (Lipinski definition) is 6. The Hall–Kier alpha value is -3.13. The average molecular weight is 398 g/mol. The van der Waals surface area contributed by atoms with Crippen LogP contribution in [-0.2, 0) is 12.6 Å². The molecule has 0 spiro atoms. The summed E-state index contributed by atoms with van der Waals surface area (Å²) in [5.74, 6) is -0.358. The van der Waals surface area contributed by atoms with Crippen molar-refractivity contribution < 1.29 is 14.3 Å². The lowest BCUT2D eigenvalue weighted by atomic mass is 10.0. The van der Waals surface area contributed by atoms with E-state index in [0.717, 1.165) is 5.69 Å². The highest BCUT2D eigenvalue weighted by atomic mass is 32.1.